The standard InChI is InChI=1S/C14H13Cl2NO/c1-9-7-10(2)17-14(11(9)8-15)18-13-6-4-3-5-12(13)16/h3-7H,8H2,1-2H3. The monoisotopic (exact) mass is 281 g/mol. The Hall–Kier alpha value is -1.25. The topological polar surface area (TPSA) is 22.1 Å². The van der Waals surface area contributed by atoms with Crippen LogP contribution in [0.1, 0.15) is 16.8 Å². The van der Waals surface area contributed by atoms with Crippen molar-refractivity contribution < 1.29 is 4.74 Å². The average molecular weight is 282 g/mol. The van der Waals surface area contributed by atoms with Gasteiger partial charge in [0.1, 0.15) is 5.75 Å². The normalized spacial score (nSPS) is 10.4. The van der Waals surface area contributed by atoms with E-state index in [0.29, 0.717) is 22.5 Å². The van der Waals surface area contributed by atoms with Crippen molar-refractivity contribution in [1.82, 2.24) is 4.98 Å². The first-order valence-electron chi connectivity index (χ1n) is 5.57. The van der Waals surface area contributed by atoms with E-state index in [9.17, 15) is 0 Å². The van der Waals surface area contributed by atoms with Crippen molar-refractivity contribution in [2.45, 2.75) is 19.7 Å². The fraction of sp³-hybridized carbons (Fsp3) is 0.214. The number of hydrogen-bond acceptors (Lipinski definition) is 2. The van der Waals surface area contributed by atoms with Crippen LogP contribution in [0.15, 0.2) is 30.3 Å². The third-order valence-corrected chi connectivity index (χ3v) is 3.19. The summed E-state index contributed by atoms with van der Waals surface area (Å²) < 4.78 is 5.77. The van der Waals surface area contributed by atoms with Crippen LogP contribution in [0, 0.1) is 13.8 Å². The molecule has 0 atom stereocenters. The summed E-state index contributed by atoms with van der Waals surface area (Å²) in [5, 5.41) is 0.555. The summed E-state index contributed by atoms with van der Waals surface area (Å²) in [4.78, 5) is 4.38. The summed E-state index contributed by atoms with van der Waals surface area (Å²) in [6.07, 6.45) is 0. The molecule has 0 unspecified atom stereocenters. The fourth-order valence-corrected chi connectivity index (χ4v) is 2.21. The SMILES string of the molecule is Cc1cc(C)c(CCl)c(Oc2ccccc2Cl)n1. The Labute approximate surface area is 117 Å². The van der Waals surface area contributed by atoms with E-state index in [1.807, 2.05) is 32.0 Å². The number of benzene rings is 1. The summed E-state index contributed by atoms with van der Waals surface area (Å²) in [6, 6.07) is 9.29. The summed E-state index contributed by atoms with van der Waals surface area (Å²) in [5.41, 5.74) is 2.85. The van der Waals surface area contributed by atoms with Gasteiger partial charge in [-0.15, -0.1) is 11.6 Å². The van der Waals surface area contributed by atoms with Gasteiger partial charge < -0.3 is 4.74 Å². The molecule has 0 aliphatic rings. The van der Waals surface area contributed by atoms with E-state index in [1.54, 1.807) is 12.1 Å². The number of para-hydroxylation sites is 1. The van der Waals surface area contributed by atoms with Gasteiger partial charge in [-0.3, -0.25) is 0 Å². The van der Waals surface area contributed by atoms with Crippen LogP contribution in [0.3, 0.4) is 0 Å². The Kier molecular flexibility index (Phi) is 4.10. The maximum atomic E-state index is 6.06. The molecule has 18 heavy (non-hydrogen) atoms. The van der Waals surface area contributed by atoms with Crippen molar-refractivity contribution >= 4 is 23.2 Å². The molecule has 0 fully saturated rings. The van der Waals surface area contributed by atoms with Crippen molar-refractivity contribution in [3.63, 3.8) is 0 Å². The van der Waals surface area contributed by atoms with Gasteiger partial charge in [0.25, 0.3) is 0 Å². The second-order valence-electron chi connectivity index (χ2n) is 4.03. The maximum absolute atomic E-state index is 6.06. The molecule has 2 nitrogen and oxygen atoms in total. The molecule has 4 heteroatoms. The minimum Gasteiger partial charge on any atom is -0.437 e. The van der Waals surface area contributed by atoms with Crippen molar-refractivity contribution in [3.05, 3.63) is 52.2 Å². The zero-order valence-corrected chi connectivity index (χ0v) is 11.7. The molecule has 0 aliphatic carbocycles. The largest absolute Gasteiger partial charge is 0.437 e. The van der Waals surface area contributed by atoms with E-state index in [4.69, 9.17) is 27.9 Å². The van der Waals surface area contributed by atoms with Gasteiger partial charge in [-0.25, -0.2) is 4.98 Å². The smallest absolute Gasteiger partial charge is 0.224 e. The van der Waals surface area contributed by atoms with Gasteiger partial charge in [-0.2, -0.15) is 0 Å². The van der Waals surface area contributed by atoms with E-state index in [2.05, 4.69) is 4.98 Å². The van der Waals surface area contributed by atoms with Crippen molar-refractivity contribution in [2.75, 3.05) is 0 Å². The molecular formula is C14H13Cl2NO. The molecule has 1 aromatic carbocycles. The van der Waals surface area contributed by atoms with Crippen molar-refractivity contribution in [3.8, 4) is 11.6 Å². The van der Waals surface area contributed by atoms with Crippen LogP contribution < -0.4 is 4.74 Å². The molecule has 2 aromatic rings. The van der Waals surface area contributed by atoms with Crippen LogP contribution in [0.2, 0.25) is 5.02 Å². The number of alkyl halides is 1. The number of aromatic nitrogens is 1. The first kappa shape index (κ1) is 13.2. The van der Waals surface area contributed by atoms with Gasteiger partial charge in [0, 0.05) is 11.3 Å². The highest BCUT2D eigenvalue weighted by atomic mass is 35.5. The van der Waals surface area contributed by atoms with Gasteiger partial charge in [-0.05, 0) is 37.6 Å². The quantitative estimate of drug-likeness (QED) is 0.748. The number of aryl methyl sites for hydroxylation is 2. The predicted octanol–water partition coefficient (Wildman–Crippen LogP) is 4.88. The minimum absolute atomic E-state index is 0.360. The van der Waals surface area contributed by atoms with Gasteiger partial charge >= 0.3 is 0 Å². The lowest BCUT2D eigenvalue weighted by Crippen LogP contribution is -1.98. The summed E-state index contributed by atoms with van der Waals surface area (Å²) in [7, 11) is 0. The molecule has 1 aromatic heterocycles. The molecule has 0 radical (unpaired) electrons. The molecule has 0 bridgehead atoms. The van der Waals surface area contributed by atoms with Crippen molar-refractivity contribution in [1.29, 1.82) is 0 Å². The number of rotatable bonds is 3. The van der Waals surface area contributed by atoms with Crippen LogP contribution in [0.4, 0.5) is 0 Å². The van der Waals surface area contributed by atoms with E-state index in [1.165, 1.54) is 0 Å². The third kappa shape index (κ3) is 2.77. The highest BCUT2D eigenvalue weighted by Crippen LogP contribution is 2.31. The lowest BCUT2D eigenvalue weighted by atomic mass is 10.1. The second kappa shape index (κ2) is 5.59. The average Bonchev–Trinajstić information content (AvgIpc) is 2.31. The van der Waals surface area contributed by atoms with Crippen LogP contribution in [0.5, 0.6) is 11.6 Å². The molecule has 0 spiro atoms. The van der Waals surface area contributed by atoms with Crippen molar-refractivity contribution in [2.24, 2.45) is 0 Å². The second-order valence-corrected chi connectivity index (χ2v) is 4.70. The Bertz CT molecular complexity index is 570. The Balaban J connectivity index is 2.43. The first-order chi connectivity index (χ1) is 8.61. The summed E-state index contributed by atoms with van der Waals surface area (Å²) >= 11 is 12.0. The minimum atomic E-state index is 0.360. The van der Waals surface area contributed by atoms with Crippen LogP contribution in [-0.2, 0) is 5.88 Å². The number of ether oxygens (including phenoxy) is 1. The summed E-state index contributed by atoms with van der Waals surface area (Å²) in [6.45, 7) is 3.91. The lowest BCUT2D eigenvalue weighted by Gasteiger charge is -2.12. The molecule has 0 saturated heterocycles. The molecular weight excluding hydrogens is 269 g/mol. The van der Waals surface area contributed by atoms with Crippen LogP contribution >= 0.6 is 23.2 Å². The van der Waals surface area contributed by atoms with Crippen LogP contribution in [-0.4, -0.2) is 4.98 Å². The molecule has 0 saturated carbocycles. The molecule has 2 rings (SSSR count). The highest BCUT2D eigenvalue weighted by molar-refractivity contribution is 6.32. The third-order valence-electron chi connectivity index (χ3n) is 2.61. The van der Waals surface area contributed by atoms with E-state index < -0.39 is 0 Å². The van der Waals surface area contributed by atoms with Gasteiger partial charge in [0.15, 0.2) is 0 Å². The van der Waals surface area contributed by atoms with Gasteiger partial charge in [0.2, 0.25) is 5.88 Å². The Morgan fingerprint density at radius 1 is 1.22 bits per heavy atom. The molecule has 0 aliphatic heterocycles. The van der Waals surface area contributed by atoms with E-state index in [0.717, 1.165) is 16.8 Å². The molecule has 94 valence electrons. The van der Waals surface area contributed by atoms with E-state index >= 15 is 0 Å². The lowest BCUT2D eigenvalue weighted by molar-refractivity contribution is 0.456. The number of hydrogen-bond donors (Lipinski definition) is 0. The zero-order valence-electron chi connectivity index (χ0n) is 10.2. The number of halogens is 2. The summed E-state index contributed by atoms with van der Waals surface area (Å²) in [5.74, 6) is 1.47. The fourth-order valence-electron chi connectivity index (χ4n) is 1.71. The zero-order chi connectivity index (χ0) is 13.1. The number of pyridine rings is 1. The molecule has 0 amide bonds. The number of nitrogens with zero attached hydrogens (tertiary/aromatic N) is 1. The van der Waals surface area contributed by atoms with Gasteiger partial charge in [0.05, 0.1) is 10.9 Å². The molecule has 1 heterocycles. The van der Waals surface area contributed by atoms with Crippen LogP contribution in [0.25, 0.3) is 0 Å². The predicted molar refractivity (Wildman–Crippen MR) is 74.8 cm³/mol. The molecule has 0 N–H and O–H groups in total. The first-order valence-corrected chi connectivity index (χ1v) is 6.48. The Morgan fingerprint density at radius 3 is 2.61 bits per heavy atom. The van der Waals surface area contributed by atoms with E-state index in [-0.39, 0.29) is 0 Å². The Morgan fingerprint density at radius 2 is 1.94 bits per heavy atom. The highest BCUT2D eigenvalue weighted by Gasteiger charge is 2.11. The maximum Gasteiger partial charge on any atom is 0.224 e. The van der Waals surface area contributed by atoms with Gasteiger partial charge in [-0.1, -0.05) is 23.7 Å².